The number of hydrogen-bond acceptors (Lipinski definition) is 2. The van der Waals surface area contributed by atoms with Crippen LogP contribution in [0.1, 0.15) is 50.4 Å². The Morgan fingerprint density at radius 1 is 1.42 bits per heavy atom. The number of fused-ring (bicyclic) bond motifs is 1. The molecule has 19 heavy (non-hydrogen) atoms. The summed E-state index contributed by atoms with van der Waals surface area (Å²) in [7, 11) is 2.25. The summed E-state index contributed by atoms with van der Waals surface area (Å²) in [4.78, 5) is 2.50. The summed E-state index contributed by atoms with van der Waals surface area (Å²) in [6.45, 7) is 6.93. The Morgan fingerprint density at radius 3 is 2.84 bits per heavy atom. The minimum absolute atomic E-state index is 0.223. The molecule has 2 N–H and O–H groups in total. The molecular formula is C16H27N3. The van der Waals surface area contributed by atoms with E-state index in [0.29, 0.717) is 5.41 Å². The van der Waals surface area contributed by atoms with E-state index in [1.807, 2.05) is 0 Å². The van der Waals surface area contributed by atoms with Crippen molar-refractivity contribution in [1.29, 1.82) is 0 Å². The van der Waals surface area contributed by atoms with Crippen molar-refractivity contribution < 1.29 is 0 Å². The van der Waals surface area contributed by atoms with Crippen LogP contribution in [0.4, 0.5) is 0 Å². The topological polar surface area (TPSA) is 34.2 Å². The van der Waals surface area contributed by atoms with E-state index >= 15 is 0 Å². The Labute approximate surface area is 116 Å². The van der Waals surface area contributed by atoms with Gasteiger partial charge in [0.05, 0.1) is 0 Å². The van der Waals surface area contributed by atoms with Crippen LogP contribution >= 0.6 is 0 Å². The van der Waals surface area contributed by atoms with E-state index in [9.17, 15) is 0 Å². The quantitative estimate of drug-likeness (QED) is 0.904. The van der Waals surface area contributed by atoms with E-state index in [1.54, 1.807) is 0 Å². The van der Waals surface area contributed by atoms with E-state index in [0.717, 1.165) is 32.0 Å². The molecule has 3 rings (SSSR count). The molecule has 1 fully saturated rings. The fourth-order valence-electron chi connectivity index (χ4n) is 3.47. The van der Waals surface area contributed by atoms with E-state index in [4.69, 9.17) is 5.73 Å². The highest BCUT2D eigenvalue weighted by molar-refractivity contribution is 5.30. The number of hydrogen-bond donors (Lipinski definition) is 1. The van der Waals surface area contributed by atoms with Crippen LogP contribution in [0, 0.1) is 5.41 Å². The number of nitrogens with zero attached hydrogens (tertiary/aromatic N) is 2. The predicted molar refractivity (Wildman–Crippen MR) is 79.1 cm³/mol. The maximum absolute atomic E-state index is 6.33. The molecule has 0 spiro atoms. The molecule has 1 aromatic rings. The lowest BCUT2D eigenvalue weighted by Crippen LogP contribution is -2.31. The standard InChI is InChI=1S/C16H27N3/c1-16(2)10-14(17)13-6-7-19(15(13)11-16)9-8-18(3)12-4-5-12/h6-7,12,14H,4-5,8-11,17H2,1-3H3. The van der Waals surface area contributed by atoms with Crippen molar-refractivity contribution in [2.45, 2.75) is 58.2 Å². The Bertz CT molecular complexity index is 457. The van der Waals surface area contributed by atoms with Crippen molar-refractivity contribution in [3.8, 4) is 0 Å². The van der Waals surface area contributed by atoms with Gasteiger partial charge in [0.15, 0.2) is 0 Å². The molecule has 0 amide bonds. The zero-order chi connectivity index (χ0) is 13.6. The van der Waals surface area contributed by atoms with Crippen LogP contribution in [0.25, 0.3) is 0 Å². The second-order valence-corrected chi connectivity index (χ2v) is 7.27. The molecule has 3 heteroatoms. The first kappa shape index (κ1) is 13.2. The molecular weight excluding hydrogens is 234 g/mol. The van der Waals surface area contributed by atoms with Crippen LogP contribution in [0.3, 0.4) is 0 Å². The third kappa shape index (κ3) is 2.72. The molecule has 3 nitrogen and oxygen atoms in total. The second kappa shape index (κ2) is 4.64. The fourth-order valence-corrected chi connectivity index (χ4v) is 3.47. The summed E-state index contributed by atoms with van der Waals surface area (Å²) in [5, 5.41) is 0. The number of likely N-dealkylation sites (N-methyl/N-ethyl adjacent to an activating group) is 1. The van der Waals surface area contributed by atoms with Gasteiger partial charge < -0.3 is 15.2 Å². The van der Waals surface area contributed by atoms with Gasteiger partial charge >= 0.3 is 0 Å². The highest BCUT2D eigenvalue weighted by atomic mass is 15.2. The van der Waals surface area contributed by atoms with Crippen molar-refractivity contribution in [2.24, 2.45) is 11.1 Å². The van der Waals surface area contributed by atoms with E-state index in [-0.39, 0.29) is 6.04 Å². The monoisotopic (exact) mass is 261 g/mol. The molecule has 1 aromatic heterocycles. The van der Waals surface area contributed by atoms with Gasteiger partial charge in [0, 0.05) is 37.1 Å². The molecule has 0 aromatic carbocycles. The lowest BCUT2D eigenvalue weighted by Gasteiger charge is -2.34. The van der Waals surface area contributed by atoms with Gasteiger partial charge in [-0.05, 0) is 49.8 Å². The third-order valence-corrected chi connectivity index (χ3v) is 4.80. The molecule has 1 atom stereocenters. The van der Waals surface area contributed by atoms with E-state index < -0.39 is 0 Å². The molecule has 1 saturated carbocycles. The predicted octanol–water partition coefficient (Wildman–Crippen LogP) is 2.55. The summed E-state index contributed by atoms with van der Waals surface area (Å²) in [6, 6.07) is 3.32. The van der Waals surface area contributed by atoms with E-state index in [1.165, 1.54) is 24.1 Å². The zero-order valence-corrected chi connectivity index (χ0v) is 12.5. The first-order valence-electron chi connectivity index (χ1n) is 7.60. The number of aromatic nitrogens is 1. The Balaban J connectivity index is 1.73. The molecule has 1 heterocycles. The number of rotatable bonds is 4. The molecule has 0 saturated heterocycles. The van der Waals surface area contributed by atoms with Crippen molar-refractivity contribution in [2.75, 3.05) is 13.6 Å². The van der Waals surface area contributed by atoms with Gasteiger partial charge in [-0.1, -0.05) is 13.8 Å². The summed E-state index contributed by atoms with van der Waals surface area (Å²) in [5.41, 5.74) is 9.53. The summed E-state index contributed by atoms with van der Waals surface area (Å²) >= 11 is 0. The molecule has 106 valence electrons. The first-order valence-corrected chi connectivity index (χ1v) is 7.60. The maximum atomic E-state index is 6.33. The van der Waals surface area contributed by atoms with Gasteiger partial charge in [-0.25, -0.2) is 0 Å². The van der Waals surface area contributed by atoms with Crippen molar-refractivity contribution >= 4 is 0 Å². The van der Waals surface area contributed by atoms with Gasteiger partial charge in [-0.15, -0.1) is 0 Å². The smallest absolute Gasteiger partial charge is 0.0350 e. The van der Waals surface area contributed by atoms with Crippen molar-refractivity contribution in [3.63, 3.8) is 0 Å². The van der Waals surface area contributed by atoms with Gasteiger partial charge in [0.2, 0.25) is 0 Å². The van der Waals surface area contributed by atoms with Crippen molar-refractivity contribution in [3.05, 3.63) is 23.5 Å². The van der Waals surface area contributed by atoms with Crippen LogP contribution in [0.15, 0.2) is 12.3 Å². The van der Waals surface area contributed by atoms with Gasteiger partial charge in [0.1, 0.15) is 0 Å². The van der Waals surface area contributed by atoms with Gasteiger partial charge in [0.25, 0.3) is 0 Å². The fraction of sp³-hybridized carbons (Fsp3) is 0.750. The Hall–Kier alpha value is -0.800. The highest BCUT2D eigenvalue weighted by Crippen LogP contribution is 2.40. The molecule has 0 aliphatic heterocycles. The van der Waals surface area contributed by atoms with Crippen LogP contribution in [-0.4, -0.2) is 29.1 Å². The molecule has 2 aliphatic rings. The van der Waals surface area contributed by atoms with Gasteiger partial charge in [-0.3, -0.25) is 0 Å². The van der Waals surface area contributed by atoms with Gasteiger partial charge in [-0.2, -0.15) is 0 Å². The molecule has 1 unspecified atom stereocenters. The van der Waals surface area contributed by atoms with Crippen LogP contribution in [-0.2, 0) is 13.0 Å². The summed E-state index contributed by atoms with van der Waals surface area (Å²) in [5.74, 6) is 0. The minimum atomic E-state index is 0.223. The van der Waals surface area contributed by atoms with Crippen LogP contribution in [0.2, 0.25) is 0 Å². The Kier molecular flexibility index (Phi) is 3.22. The van der Waals surface area contributed by atoms with E-state index in [2.05, 4.69) is 42.6 Å². The lowest BCUT2D eigenvalue weighted by atomic mass is 9.74. The summed E-state index contributed by atoms with van der Waals surface area (Å²) < 4.78 is 2.44. The highest BCUT2D eigenvalue weighted by Gasteiger charge is 2.32. The summed E-state index contributed by atoms with van der Waals surface area (Å²) in [6.07, 6.45) is 7.28. The maximum Gasteiger partial charge on any atom is 0.0350 e. The average molecular weight is 261 g/mol. The largest absolute Gasteiger partial charge is 0.350 e. The Morgan fingerprint density at radius 2 is 2.16 bits per heavy atom. The lowest BCUT2D eigenvalue weighted by molar-refractivity contribution is 0.268. The van der Waals surface area contributed by atoms with Crippen molar-refractivity contribution in [1.82, 2.24) is 9.47 Å². The number of nitrogens with two attached hydrogens (primary N) is 1. The second-order valence-electron chi connectivity index (χ2n) is 7.27. The SMILES string of the molecule is CN(CCn1ccc2c1CC(C)(C)CC2N)C1CC1. The third-order valence-electron chi connectivity index (χ3n) is 4.80. The minimum Gasteiger partial charge on any atom is -0.350 e. The first-order chi connectivity index (χ1) is 8.96. The van der Waals surface area contributed by atoms with Crippen LogP contribution < -0.4 is 5.73 Å². The average Bonchev–Trinajstić information content (AvgIpc) is 3.08. The molecule has 0 radical (unpaired) electrons. The van der Waals surface area contributed by atoms with Crippen LogP contribution in [0.5, 0.6) is 0 Å². The zero-order valence-electron chi connectivity index (χ0n) is 12.5. The molecule has 0 bridgehead atoms. The molecule has 2 aliphatic carbocycles. The normalized spacial score (nSPS) is 25.6.